The molecule has 0 saturated carbocycles. The molecule has 0 aliphatic rings. The van der Waals surface area contributed by atoms with E-state index in [2.05, 4.69) is 24.1 Å². The Morgan fingerprint density at radius 3 is 2.09 bits per heavy atom. The summed E-state index contributed by atoms with van der Waals surface area (Å²) in [6.45, 7) is 9.98. The summed E-state index contributed by atoms with van der Waals surface area (Å²) in [4.78, 5) is 35.4. The van der Waals surface area contributed by atoms with Crippen molar-refractivity contribution in [1.29, 1.82) is 0 Å². The molecule has 23 heavy (non-hydrogen) atoms. The molecule has 1 N–H and O–H groups in total. The van der Waals surface area contributed by atoms with E-state index < -0.39 is 23.7 Å². The van der Waals surface area contributed by atoms with Crippen LogP contribution < -0.4 is 5.32 Å². The molecule has 0 aromatic rings. The highest BCUT2D eigenvalue weighted by Crippen LogP contribution is 2.11. The average Bonchev–Trinajstić information content (AvgIpc) is 2.34. The third kappa shape index (κ3) is 9.72. The number of amides is 1. The van der Waals surface area contributed by atoms with Gasteiger partial charge in [0, 0.05) is 6.42 Å². The number of Topliss-reactive ketones (excluding diaryl/α,β-unsaturated/α-hetero) is 2. The molecule has 1 atom stereocenters. The molecule has 5 heteroatoms. The maximum Gasteiger partial charge on any atom is 0.408 e. The van der Waals surface area contributed by atoms with E-state index in [1.165, 1.54) is 13.8 Å². The fraction of sp³-hybridized carbons (Fsp3) is 0.722. The first kappa shape index (κ1) is 21.2. The van der Waals surface area contributed by atoms with Gasteiger partial charge in [0.2, 0.25) is 0 Å². The second kappa shape index (κ2) is 10.0. The standard InChI is InChI=1S/C18H29NO4/c1-7-8-9-10-11-12-15(16(13(2)20)14(3)21)19-17(22)23-18(4,5)6/h15-16H,7-10H2,1-6H3,(H,19,22). The van der Waals surface area contributed by atoms with Crippen molar-refractivity contribution in [2.24, 2.45) is 5.92 Å². The van der Waals surface area contributed by atoms with E-state index in [0.717, 1.165) is 19.3 Å². The van der Waals surface area contributed by atoms with Crippen molar-refractivity contribution in [1.82, 2.24) is 5.32 Å². The lowest BCUT2D eigenvalue weighted by Crippen LogP contribution is -2.46. The molecule has 0 aliphatic heterocycles. The van der Waals surface area contributed by atoms with Crippen LogP contribution in [-0.2, 0) is 14.3 Å². The van der Waals surface area contributed by atoms with E-state index >= 15 is 0 Å². The van der Waals surface area contributed by atoms with Crippen LogP contribution in [-0.4, -0.2) is 29.3 Å². The number of unbranched alkanes of at least 4 members (excludes halogenated alkanes) is 3. The minimum Gasteiger partial charge on any atom is -0.444 e. The minimum absolute atomic E-state index is 0.318. The minimum atomic E-state index is -0.971. The van der Waals surface area contributed by atoms with Crippen molar-refractivity contribution in [2.45, 2.75) is 78.9 Å². The first-order valence-corrected chi connectivity index (χ1v) is 8.07. The van der Waals surface area contributed by atoms with Gasteiger partial charge in [0.05, 0.1) is 0 Å². The largest absolute Gasteiger partial charge is 0.444 e. The lowest BCUT2D eigenvalue weighted by atomic mass is 9.92. The van der Waals surface area contributed by atoms with Crippen LogP contribution in [0, 0.1) is 17.8 Å². The van der Waals surface area contributed by atoms with Gasteiger partial charge in [-0.2, -0.15) is 0 Å². The maximum atomic E-state index is 11.9. The van der Waals surface area contributed by atoms with Crippen molar-refractivity contribution in [2.75, 3.05) is 0 Å². The molecule has 0 bridgehead atoms. The number of hydrogen-bond donors (Lipinski definition) is 1. The van der Waals surface area contributed by atoms with Crippen LogP contribution >= 0.6 is 0 Å². The van der Waals surface area contributed by atoms with Crippen LogP contribution in [0.4, 0.5) is 4.79 Å². The van der Waals surface area contributed by atoms with E-state index in [1.54, 1.807) is 20.8 Å². The molecule has 0 radical (unpaired) electrons. The molecule has 0 aromatic carbocycles. The molecule has 5 nitrogen and oxygen atoms in total. The molecule has 130 valence electrons. The van der Waals surface area contributed by atoms with Crippen LogP contribution in [0.15, 0.2) is 0 Å². The molecular weight excluding hydrogens is 294 g/mol. The fourth-order valence-electron chi connectivity index (χ4n) is 2.04. The fourth-order valence-corrected chi connectivity index (χ4v) is 2.04. The van der Waals surface area contributed by atoms with Gasteiger partial charge in [-0.15, -0.1) is 5.92 Å². The summed E-state index contributed by atoms with van der Waals surface area (Å²) in [6.07, 6.45) is 3.10. The Labute approximate surface area is 139 Å². The Kier molecular flexibility index (Phi) is 9.24. The smallest absolute Gasteiger partial charge is 0.408 e. The van der Waals surface area contributed by atoms with Crippen LogP contribution in [0.1, 0.15) is 67.2 Å². The maximum absolute atomic E-state index is 11.9. The number of nitrogens with one attached hydrogen (secondary N) is 1. The van der Waals surface area contributed by atoms with E-state index in [4.69, 9.17) is 4.74 Å². The van der Waals surface area contributed by atoms with Crippen molar-refractivity contribution < 1.29 is 19.1 Å². The van der Waals surface area contributed by atoms with Gasteiger partial charge < -0.3 is 10.1 Å². The highest BCUT2D eigenvalue weighted by atomic mass is 16.6. The normalized spacial score (nSPS) is 12.1. The second-order valence-corrected chi connectivity index (χ2v) is 6.60. The highest BCUT2D eigenvalue weighted by Gasteiger charge is 2.31. The Balaban J connectivity index is 5.09. The highest BCUT2D eigenvalue weighted by molar-refractivity contribution is 6.01. The first-order valence-electron chi connectivity index (χ1n) is 8.07. The SMILES string of the molecule is CCCCCC#CC(NC(=O)OC(C)(C)C)C(C(C)=O)C(C)=O. The molecule has 0 spiro atoms. The molecule has 0 heterocycles. The lowest BCUT2D eigenvalue weighted by Gasteiger charge is -2.24. The van der Waals surface area contributed by atoms with Crippen molar-refractivity contribution in [3.8, 4) is 11.8 Å². The second-order valence-electron chi connectivity index (χ2n) is 6.60. The molecule has 0 fully saturated rings. The van der Waals surface area contributed by atoms with E-state index in [9.17, 15) is 14.4 Å². The van der Waals surface area contributed by atoms with Gasteiger partial charge in [-0.25, -0.2) is 4.79 Å². The van der Waals surface area contributed by atoms with Gasteiger partial charge in [-0.05, 0) is 41.0 Å². The number of ketones is 2. The molecule has 0 saturated heterocycles. The molecule has 0 aromatic heterocycles. The monoisotopic (exact) mass is 323 g/mol. The third-order valence-electron chi connectivity index (χ3n) is 3.04. The van der Waals surface area contributed by atoms with Gasteiger partial charge >= 0.3 is 6.09 Å². The van der Waals surface area contributed by atoms with E-state index in [-0.39, 0.29) is 11.6 Å². The lowest BCUT2D eigenvalue weighted by molar-refractivity contribution is -0.130. The van der Waals surface area contributed by atoms with E-state index in [1.807, 2.05) is 0 Å². The summed E-state index contributed by atoms with van der Waals surface area (Å²) in [5, 5.41) is 2.55. The van der Waals surface area contributed by atoms with Crippen molar-refractivity contribution in [3.05, 3.63) is 0 Å². The summed E-state index contributed by atoms with van der Waals surface area (Å²) in [6, 6.07) is -0.860. The summed E-state index contributed by atoms with van der Waals surface area (Å²) in [7, 11) is 0. The predicted molar refractivity (Wildman–Crippen MR) is 89.9 cm³/mol. The van der Waals surface area contributed by atoms with Gasteiger partial charge in [-0.1, -0.05) is 25.7 Å². The number of hydrogen-bond acceptors (Lipinski definition) is 4. The quantitative estimate of drug-likeness (QED) is 0.443. The molecule has 0 rings (SSSR count). The van der Waals surface area contributed by atoms with Gasteiger partial charge in [-0.3, -0.25) is 9.59 Å². The average molecular weight is 323 g/mol. The number of ether oxygens (including phenoxy) is 1. The zero-order valence-corrected chi connectivity index (χ0v) is 15.1. The molecule has 1 unspecified atom stereocenters. The predicted octanol–water partition coefficient (Wildman–Crippen LogP) is 3.26. The Hall–Kier alpha value is -1.83. The molecular formula is C18H29NO4. The van der Waals surface area contributed by atoms with Crippen LogP contribution in [0.2, 0.25) is 0 Å². The van der Waals surface area contributed by atoms with Gasteiger partial charge in [0.25, 0.3) is 0 Å². The first-order chi connectivity index (χ1) is 10.6. The van der Waals surface area contributed by atoms with Gasteiger partial charge in [0.15, 0.2) is 0 Å². The Morgan fingerprint density at radius 2 is 1.65 bits per heavy atom. The van der Waals surface area contributed by atoms with E-state index in [0.29, 0.717) is 6.42 Å². The molecule has 1 amide bonds. The number of carbonyl (C=O) groups is 3. The molecule has 0 aliphatic carbocycles. The summed E-state index contributed by atoms with van der Waals surface area (Å²) < 4.78 is 5.18. The van der Waals surface area contributed by atoms with Crippen molar-refractivity contribution >= 4 is 17.7 Å². The van der Waals surface area contributed by atoms with Gasteiger partial charge in [0.1, 0.15) is 29.1 Å². The number of alkyl carbamates (subject to hydrolysis) is 1. The van der Waals surface area contributed by atoms with Crippen LogP contribution in [0.5, 0.6) is 0 Å². The number of rotatable bonds is 7. The zero-order chi connectivity index (χ0) is 18.0. The summed E-state index contributed by atoms with van der Waals surface area (Å²) in [5.74, 6) is 4.20. The van der Waals surface area contributed by atoms with Crippen molar-refractivity contribution in [3.63, 3.8) is 0 Å². The Morgan fingerprint density at radius 1 is 1.09 bits per heavy atom. The Bertz CT molecular complexity index is 465. The summed E-state index contributed by atoms with van der Waals surface area (Å²) >= 11 is 0. The zero-order valence-electron chi connectivity index (χ0n) is 15.1. The van der Waals surface area contributed by atoms with Crippen LogP contribution in [0.25, 0.3) is 0 Å². The topological polar surface area (TPSA) is 72.5 Å². The van der Waals surface area contributed by atoms with Crippen LogP contribution in [0.3, 0.4) is 0 Å². The third-order valence-corrected chi connectivity index (χ3v) is 3.04. The number of carbonyl (C=O) groups excluding carboxylic acids is 3. The summed E-state index contributed by atoms with van der Waals surface area (Å²) in [5.41, 5.74) is -0.662.